The van der Waals surface area contributed by atoms with Crippen molar-refractivity contribution in [1.29, 1.82) is 0 Å². The van der Waals surface area contributed by atoms with Gasteiger partial charge in [0.2, 0.25) is 0 Å². The van der Waals surface area contributed by atoms with Crippen molar-refractivity contribution in [3.05, 3.63) is 35.9 Å². The average molecular weight is 441 g/mol. The highest BCUT2D eigenvalue weighted by Crippen LogP contribution is 2.16. The van der Waals surface area contributed by atoms with Gasteiger partial charge in [-0.15, -0.1) is 17.0 Å². The van der Waals surface area contributed by atoms with E-state index in [2.05, 4.69) is 56.3 Å². The summed E-state index contributed by atoms with van der Waals surface area (Å²) in [6.07, 6.45) is 21.2. The van der Waals surface area contributed by atoms with Crippen LogP contribution in [-0.2, 0) is 6.42 Å². The predicted octanol–water partition coefficient (Wildman–Crippen LogP) is 8.22. The number of nitrogens with zero attached hydrogens (tertiary/aromatic N) is 1. The lowest BCUT2D eigenvalue weighted by molar-refractivity contribution is 0.269. The molecular weight excluding hydrogens is 394 g/mol. The molecule has 0 bridgehead atoms. The number of hydrogen-bond donors (Lipinski definition) is 0. The second kappa shape index (κ2) is 19.0. The molecular formula is C25H46BrN. The minimum Gasteiger partial charge on any atom is -0.306 e. The van der Waals surface area contributed by atoms with Gasteiger partial charge in [-0.25, -0.2) is 0 Å². The molecule has 1 nitrogen and oxygen atoms in total. The Kier molecular flexibility index (Phi) is 18.8. The van der Waals surface area contributed by atoms with E-state index in [0.717, 1.165) is 0 Å². The van der Waals surface area contributed by atoms with Crippen LogP contribution in [0, 0.1) is 0 Å². The molecule has 1 aromatic carbocycles. The average Bonchev–Trinajstić information content (AvgIpc) is 2.65. The Balaban J connectivity index is 0.00000676. The lowest BCUT2D eigenvalue weighted by atomic mass is 9.98. The normalized spacial score (nSPS) is 12.1. The zero-order valence-corrected chi connectivity index (χ0v) is 20.1. The summed E-state index contributed by atoms with van der Waals surface area (Å²) in [5, 5.41) is 0. The van der Waals surface area contributed by atoms with Crippen molar-refractivity contribution in [1.82, 2.24) is 4.90 Å². The molecule has 0 N–H and O–H groups in total. The van der Waals surface area contributed by atoms with Crippen LogP contribution >= 0.6 is 17.0 Å². The standard InChI is InChI=1S/C25H45N.BrH/c1-4-5-6-7-8-9-10-11-12-13-14-15-19-22-25(26(2)3)23-24-20-17-16-18-21-24;/h16-18,20-21,25H,4-15,19,22-23H2,1-3H3;1H. The van der Waals surface area contributed by atoms with E-state index in [1.807, 2.05) is 0 Å². The number of halogens is 1. The molecule has 158 valence electrons. The van der Waals surface area contributed by atoms with Crippen LogP contribution in [0.25, 0.3) is 0 Å². The van der Waals surface area contributed by atoms with Crippen LogP contribution in [0.2, 0.25) is 0 Å². The van der Waals surface area contributed by atoms with Crippen molar-refractivity contribution >= 4 is 17.0 Å². The number of hydrogen-bond acceptors (Lipinski definition) is 1. The van der Waals surface area contributed by atoms with Crippen LogP contribution in [0.4, 0.5) is 0 Å². The van der Waals surface area contributed by atoms with Gasteiger partial charge in [0.25, 0.3) is 0 Å². The maximum Gasteiger partial charge on any atom is 0.0130 e. The Labute approximate surface area is 181 Å². The van der Waals surface area contributed by atoms with Gasteiger partial charge >= 0.3 is 0 Å². The van der Waals surface area contributed by atoms with Gasteiger partial charge in [0.05, 0.1) is 0 Å². The summed E-state index contributed by atoms with van der Waals surface area (Å²) in [7, 11) is 4.46. The molecule has 0 saturated heterocycles. The van der Waals surface area contributed by atoms with Gasteiger partial charge in [-0.1, -0.05) is 121 Å². The highest BCUT2D eigenvalue weighted by molar-refractivity contribution is 8.93. The predicted molar refractivity (Wildman–Crippen MR) is 128 cm³/mol. The van der Waals surface area contributed by atoms with E-state index >= 15 is 0 Å². The maximum absolute atomic E-state index is 2.41. The van der Waals surface area contributed by atoms with Gasteiger partial charge in [0.1, 0.15) is 0 Å². The molecule has 1 rings (SSSR count). The van der Waals surface area contributed by atoms with Crippen LogP contribution in [0.3, 0.4) is 0 Å². The quantitative estimate of drug-likeness (QED) is 0.221. The Morgan fingerprint density at radius 3 is 1.56 bits per heavy atom. The van der Waals surface area contributed by atoms with Crippen molar-refractivity contribution in [2.75, 3.05) is 14.1 Å². The molecule has 0 fully saturated rings. The molecule has 0 heterocycles. The summed E-state index contributed by atoms with van der Waals surface area (Å²) in [6, 6.07) is 11.6. The zero-order valence-electron chi connectivity index (χ0n) is 18.4. The fraction of sp³-hybridized carbons (Fsp3) is 0.760. The third-order valence-electron chi connectivity index (χ3n) is 5.69. The molecule has 2 heteroatoms. The van der Waals surface area contributed by atoms with Gasteiger partial charge in [0, 0.05) is 6.04 Å². The SMILES string of the molecule is Br.CCCCCCCCCCCCCCCC(Cc1ccccc1)N(C)C. The molecule has 1 aromatic rings. The van der Waals surface area contributed by atoms with Gasteiger partial charge in [0.15, 0.2) is 0 Å². The second-order valence-electron chi connectivity index (χ2n) is 8.34. The Hall–Kier alpha value is -0.340. The van der Waals surface area contributed by atoms with Crippen molar-refractivity contribution in [2.45, 2.75) is 109 Å². The van der Waals surface area contributed by atoms with Crippen LogP contribution < -0.4 is 0 Å². The first-order chi connectivity index (χ1) is 12.7. The van der Waals surface area contributed by atoms with E-state index in [-0.39, 0.29) is 17.0 Å². The molecule has 27 heavy (non-hydrogen) atoms. The number of unbranched alkanes of at least 4 members (excludes halogenated alkanes) is 12. The Morgan fingerprint density at radius 1 is 0.667 bits per heavy atom. The summed E-state index contributed by atoms with van der Waals surface area (Å²) in [6.45, 7) is 2.30. The largest absolute Gasteiger partial charge is 0.306 e. The van der Waals surface area contributed by atoms with E-state index in [0.29, 0.717) is 6.04 Å². The highest BCUT2D eigenvalue weighted by Gasteiger charge is 2.11. The van der Waals surface area contributed by atoms with Crippen molar-refractivity contribution in [3.8, 4) is 0 Å². The molecule has 0 aliphatic rings. The Bertz CT molecular complexity index is 404. The summed E-state index contributed by atoms with van der Waals surface area (Å²) >= 11 is 0. The van der Waals surface area contributed by atoms with Crippen molar-refractivity contribution in [3.63, 3.8) is 0 Å². The smallest absolute Gasteiger partial charge is 0.0130 e. The van der Waals surface area contributed by atoms with Gasteiger partial charge < -0.3 is 4.90 Å². The molecule has 0 amide bonds. The van der Waals surface area contributed by atoms with Crippen molar-refractivity contribution in [2.24, 2.45) is 0 Å². The molecule has 0 aliphatic heterocycles. The molecule has 0 spiro atoms. The summed E-state index contributed by atoms with van der Waals surface area (Å²) in [5.74, 6) is 0. The molecule has 0 aliphatic carbocycles. The van der Waals surface area contributed by atoms with Crippen LogP contribution in [-0.4, -0.2) is 25.0 Å². The van der Waals surface area contributed by atoms with Crippen LogP contribution in [0.1, 0.15) is 102 Å². The fourth-order valence-electron chi connectivity index (χ4n) is 3.83. The van der Waals surface area contributed by atoms with E-state index in [1.54, 1.807) is 0 Å². The maximum atomic E-state index is 2.41. The first-order valence-corrected chi connectivity index (χ1v) is 11.4. The minimum atomic E-state index is 0. The second-order valence-corrected chi connectivity index (χ2v) is 8.34. The minimum absolute atomic E-state index is 0. The number of benzene rings is 1. The Morgan fingerprint density at radius 2 is 1.11 bits per heavy atom. The zero-order chi connectivity index (χ0) is 18.9. The first-order valence-electron chi connectivity index (χ1n) is 11.4. The van der Waals surface area contributed by atoms with Gasteiger partial charge in [-0.3, -0.25) is 0 Å². The monoisotopic (exact) mass is 439 g/mol. The molecule has 0 aromatic heterocycles. The van der Waals surface area contributed by atoms with E-state index < -0.39 is 0 Å². The lowest BCUT2D eigenvalue weighted by Crippen LogP contribution is -2.30. The third kappa shape index (κ3) is 15.3. The summed E-state index contributed by atoms with van der Waals surface area (Å²) in [5.41, 5.74) is 1.47. The number of likely N-dealkylation sites (N-methyl/N-ethyl adjacent to an activating group) is 1. The number of rotatable bonds is 17. The van der Waals surface area contributed by atoms with Gasteiger partial charge in [-0.05, 0) is 32.5 Å². The molecule has 0 radical (unpaired) electrons. The van der Waals surface area contributed by atoms with Crippen molar-refractivity contribution < 1.29 is 0 Å². The van der Waals surface area contributed by atoms with Gasteiger partial charge in [-0.2, -0.15) is 0 Å². The topological polar surface area (TPSA) is 3.24 Å². The summed E-state index contributed by atoms with van der Waals surface area (Å²) in [4.78, 5) is 2.41. The highest BCUT2D eigenvalue weighted by atomic mass is 79.9. The molecule has 1 unspecified atom stereocenters. The molecule has 0 saturated carbocycles. The van der Waals surface area contributed by atoms with Crippen LogP contribution in [0.5, 0.6) is 0 Å². The summed E-state index contributed by atoms with van der Waals surface area (Å²) < 4.78 is 0. The van der Waals surface area contributed by atoms with E-state index in [4.69, 9.17) is 0 Å². The van der Waals surface area contributed by atoms with Crippen LogP contribution in [0.15, 0.2) is 30.3 Å². The first kappa shape index (κ1) is 26.7. The fourth-order valence-corrected chi connectivity index (χ4v) is 3.83. The lowest BCUT2D eigenvalue weighted by Gasteiger charge is -2.24. The van der Waals surface area contributed by atoms with E-state index in [9.17, 15) is 0 Å². The van der Waals surface area contributed by atoms with E-state index in [1.165, 1.54) is 102 Å². The third-order valence-corrected chi connectivity index (χ3v) is 5.69. The molecule has 1 atom stereocenters.